The third-order valence-electron chi connectivity index (χ3n) is 0.894. The van der Waals surface area contributed by atoms with E-state index in [4.69, 9.17) is 11.1 Å². The molecule has 0 aromatic heterocycles. The van der Waals surface area contributed by atoms with Crippen LogP contribution in [0.5, 0.6) is 0 Å². The van der Waals surface area contributed by atoms with Gasteiger partial charge in [-0.3, -0.25) is 10.2 Å². The number of ketones is 1. The Kier molecular flexibility index (Phi) is 2.91. The van der Waals surface area contributed by atoms with Crippen LogP contribution in [0.25, 0.3) is 0 Å². The molecule has 3 nitrogen and oxygen atoms in total. The van der Waals surface area contributed by atoms with Crippen LogP contribution in [-0.2, 0) is 4.79 Å². The summed E-state index contributed by atoms with van der Waals surface area (Å²) in [7, 11) is 0. The van der Waals surface area contributed by atoms with Gasteiger partial charge in [0.2, 0.25) is 0 Å². The first-order valence-corrected chi connectivity index (χ1v) is 2.91. The predicted molar refractivity (Wildman–Crippen MR) is 36.4 cm³/mol. The third kappa shape index (κ3) is 3.70. The largest absolute Gasteiger partial charge is 0.381 e. The SMILES string of the molecule is CC(C)CC(=O)C(=N)N. The molecule has 0 saturated carbocycles. The summed E-state index contributed by atoms with van der Waals surface area (Å²) < 4.78 is 0. The summed E-state index contributed by atoms with van der Waals surface area (Å²) >= 11 is 0. The number of hydrogen-bond donors (Lipinski definition) is 2. The summed E-state index contributed by atoms with van der Waals surface area (Å²) in [5, 5.41) is 6.72. The smallest absolute Gasteiger partial charge is 0.197 e. The normalized spacial score (nSPS) is 9.67. The summed E-state index contributed by atoms with van der Waals surface area (Å²) in [5.74, 6) is -0.296. The first kappa shape index (κ1) is 8.14. The van der Waals surface area contributed by atoms with Crippen molar-refractivity contribution in [2.24, 2.45) is 11.7 Å². The van der Waals surface area contributed by atoms with Gasteiger partial charge in [0.25, 0.3) is 0 Å². The highest BCUT2D eigenvalue weighted by molar-refractivity contribution is 6.36. The van der Waals surface area contributed by atoms with Crippen molar-refractivity contribution in [1.82, 2.24) is 0 Å². The second-order valence-electron chi connectivity index (χ2n) is 2.43. The van der Waals surface area contributed by atoms with Gasteiger partial charge in [-0.25, -0.2) is 0 Å². The average molecular weight is 128 g/mol. The minimum atomic E-state index is -0.330. The molecule has 0 aliphatic carbocycles. The number of rotatable bonds is 3. The summed E-state index contributed by atoms with van der Waals surface area (Å²) in [6, 6.07) is 0. The topological polar surface area (TPSA) is 66.9 Å². The maximum Gasteiger partial charge on any atom is 0.197 e. The molecule has 0 spiro atoms. The summed E-state index contributed by atoms with van der Waals surface area (Å²) in [5.41, 5.74) is 4.92. The van der Waals surface area contributed by atoms with E-state index < -0.39 is 0 Å². The van der Waals surface area contributed by atoms with Gasteiger partial charge in [0.05, 0.1) is 0 Å². The highest BCUT2D eigenvalue weighted by Gasteiger charge is 2.06. The summed E-state index contributed by atoms with van der Waals surface area (Å²) in [6.45, 7) is 3.84. The zero-order valence-electron chi connectivity index (χ0n) is 5.77. The molecule has 3 N–H and O–H groups in total. The number of carbonyl (C=O) groups is 1. The van der Waals surface area contributed by atoms with Crippen LogP contribution in [0, 0.1) is 11.3 Å². The van der Waals surface area contributed by atoms with Crippen molar-refractivity contribution in [2.45, 2.75) is 20.3 Å². The van der Waals surface area contributed by atoms with Crippen molar-refractivity contribution in [2.75, 3.05) is 0 Å². The van der Waals surface area contributed by atoms with Crippen LogP contribution in [-0.4, -0.2) is 11.6 Å². The molecular formula is C6H12N2O. The van der Waals surface area contributed by atoms with Crippen molar-refractivity contribution in [3.8, 4) is 0 Å². The maximum absolute atomic E-state index is 10.6. The van der Waals surface area contributed by atoms with Crippen molar-refractivity contribution in [3.63, 3.8) is 0 Å². The van der Waals surface area contributed by atoms with E-state index in [1.165, 1.54) is 0 Å². The summed E-state index contributed by atoms with van der Waals surface area (Å²) in [6.07, 6.45) is 0.384. The van der Waals surface area contributed by atoms with Gasteiger partial charge in [-0.1, -0.05) is 13.8 Å². The lowest BCUT2D eigenvalue weighted by molar-refractivity contribution is -0.113. The Balaban J connectivity index is 3.65. The minimum absolute atomic E-state index is 0.259. The van der Waals surface area contributed by atoms with Crippen molar-refractivity contribution in [1.29, 1.82) is 5.41 Å². The third-order valence-corrected chi connectivity index (χ3v) is 0.894. The number of nitrogens with two attached hydrogens (primary N) is 1. The number of amidine groups is 1. The molecule has 0 heterocycles. The lowest BCUT2D eigenvalue weighted by Crippen LogP contribution is -2.23. The van der Waals surface area contributed by atoms with Crippen molar-refractivity contribution >= 4 is 11.6 Å². The molecule has 0 amide bonds. The zero-order chi connectivity index (χ0) is 7.44. The molecule has 9 heavy (non-hydrogen) atoms. The highest BCUT2D eigenvalue weighted by Crippen LogP contribution is 1.98. The van der Waals surface area contributed by atoms with Crippen molar-refractivity contribution < 1.29 is 4.79 Å². The van der Waals surface area contributed by atoms with Gasteiger partial charge in [-0.2, -0.15) is 0 Å². The lowest BCUT2D eigenvalue weighted by Gasteiger charge is -1.99. The van der Waals surface area contributed by atoms with Crippen LogP contribution < -0.4 is 5.73 Å². The van der Waals surface area contributed by atoms with Gasteiger partial charge in [0.1, 0.15) is 0 Å². The average Bonchev–Trinajstić information content (AvgIpc) is 1.63. The lowest BCUT2D eigenvalue weighted by atomic mass is 10.1. The highest BCUT2D eigenvalue weighted by atomic mass is 16.1. The molecule has 0 aromatic rings. The van der Waals surface area contributed by atoms with E-state index in [1.54, 1.807) is 0 Å². The molecular weight excluding hydrogens is 116 g/mol. The molecule has 3 heteroatoms. The quantitative estimate of drug-likeness (QED) is 0.430. The van der Waals surface area contributed by atoms with Gasteiger partial charge in [-0.15, -0.1) is 0 Å². The number of carbonyl (C=O) groups excluding carboxylic acids is 1. The van der Waals surface area contributed by atoms with Crippen LogP contribution in [0.15, 0.2) is 0 Å². The molecule has 0 aromatic carbocycles. The Morgan fingerprint density at radius 2 is 2.11 bits per heavy atom. The fourth-order valence-corrected chi connectivity index (χ4v) is 0.481. The second-order valence-corrected chi connectivity index (χ2v) is 2.43. The Hall–Kier alpha value is -0.860. The van der Waals surface area contributed by atoms with E-state index in [2.05, 4.69) is 0 Å². The first-order valence-electron chi connectivity index (χ1n) is 2.91. The molecule has 52 valence electrons. The van der Waals surface area contributed by atoms with E-state index in [0.717, 1.165) is 0 Å². The van der Waals surface area contributed by atoms with Crippen LogP contribution >= 0.6 is 0 Å². The number of hydrogen-bond acceptors (Lipinski definition) is 2. The molecule has 0 radical (unpaired) electrons. The molecule has 0 rings (SSSR count). The fourth-order valence-electron chi connectivity index (χ4n) is 0.481. The minimum Gasteiger partial charge on any atom is -0.381 e. The van der Waals surface area contributed by atoms with Crippen molar-refractivity contribution in [3.05, 3.63) is 0 Å². The molecule has 0 unspecified atom stereocenters. The fraction of sp³-hybridized carbons (Fsp3) is 0.667. The van der Waals surface area contributed by atoms with Crippen LogP contribution in [0.1, 0.15) is 20.3 Å². The predicted octanol–water partition coefficient (Wildman–Crippen LogP) is 0.538. The number of Topliss-reactive ketones (excluding diaryl/α,β-unsaturated/α-hetero) is 1. The molecule has 0 saturated heterocycles. The van der Waals surface area contributed by atoms with Crippen LogP contribution in [0.3, 0.4) is 0 Å². The van der Waals surface area contributed by atoms with E-state index in [0.29, 0.717) is 12.3 Å². The van der Waals surface area contributed by atoms with Gasteiger partial charge in [-0.05, 0) is 5.92 Å². The monoisotopic (exact) mass is 128 g/mol. The van der Waals surface area contributed by atoms with Gasteiger partial charge in [0.15, 0.2) is 11.6 Å². The molecule has 0 aliphatic rings. The van der Waals surface area contributed by atoms with Crippen LogP contribution in [0.4, 0.5) is 0 Å². The summed E-state index contributed by atoms with van der Waals surface area (Å²) in [4.78, 5) is 10.6. The van der Waals surface area contributed by atoms with E-state index in [9.17, 15) is 4.79 Å². The standard InChI is InChI=1S/C6H12N2O/c1-4(2)3-5(9)6(7)8/h4H,3H2,1-2H3,(H3,7,8). The molecule has 0 bridgehead atoms. The van der Waals surface area contributed by atoms with E-state index in [1.807, 2.05) is 13.8 Å². The molecule has 0 fully saturated rings. The van der Waals surface area contributed by atoms with Crippen LogP contribution in [0.2, 0.25) is 0 Å². The number of nitrogens with one attached hydrogen (secondary N) is 1. The Morgan fingerprint density at radius 3 is 2.22 bits per heavy atom. The zero-order valence-corrected chi connectivity index (χ0v) is 5.77. The van der Waals surface area contributed by atoms with Gasteiger partial charge in [0, 0.05) is 6.42 Å². The van der Waals surface area contributed by atoms with E-state index in [-0.39, 0.29) is 11.6 Å². The van der Waals surface area contributed by atoms with Gasteiger partial charge < -0.3 is 5.73 Å². The Bertz CT molecular complexity index is 129. The van der Waals surface area contributed by atoms with E-state index >= 15 is 0 Å². The maximum atomic E-state index is 10.6. The Labute approximate surface area is 54.8 Å². The Morgan fingerprint density at radius 1 is 1.67 bits per heavy atom. The second kappa shape index (κ2) is 3.22. The molecule has 0 aliphatic heterocycles. The molecule has 0 atom stereocenters. The first-order chi connectivity index (χ1) is 4.04. The van der Waals surface area contributed by atoms with Gasteiger partial charge >= 0.3 is 0 Å².